The molecule has 0 aliphatic carbocycles. The number of ether oxygens (including phenoxy) is 1. The van der Waals surface area contributed by atoms with Crippen molar-refractivity contribution in [3.05, 3.63) is 59.7 Å². The number of thiocarbonyl (C=S) groups is 1. The van der Waals surface area contributed by atoms with Crippen LogP contribution in [0.2, 0.25) is 0 Å². The van der Waals surface area contributed by atoms with Crippen LogP contribution in [0.4, 0.5) is 5.69 Å². The smallest absolute Gasteiger partial charge is 0.339 e. The molecule has 0 aromatic heterocycles. The van der Waals surface area contributed by atoms with E-state index in [2.05, 4.69) is 5.32 Å². The van der Waals surface area contributed by atoms with E-state index < -0.39 is 5.97 Å². The number of carbonyl (C=O) groups excluding carboxylic acids is 1. The average molecular weight is 344 g/mol. The van der Waals surface area contributed by atoms with Crippen LogP contribution >= 0.6 is 12.2 Å². The van der Waals surface area contributed by atoms with Crippen molar-refractivity contribution >= 4 is 29.0 Å². The van der Waals surface area contributed by atoms with Gasteiger partial charge in [-0.1, -0.05) is 30.3 Å². The lowest BCUT2D eigenvalue weighted by Crippen LogP contribution is -2.33. The Bertz CT molecular complexity index is 734. The molecule has 0 aliphatic rings. The van der Waals surface area contributed by atoms with Crippen molar-refractivity contribution in [2.45, 2.75) is 6.42 Å². The first kappa shape index (κ1) is 17.7. The van der Waals surface area contributed by atoms with Crippen LogP contribution in [-0.4, -0.2) is 41.8 Å². The van der Waals surface area contributed by atoms with E-state index in [1.807, 2.05) is 30.1 Å². The molecular weight excluding hydrogens is 324 g/mol. The van der Waals surface area contributed by atoms with Crippen molar-refractivity contribution < 1.29 is 14.6 Å². The van der Waals surface area contributed by atoms with Gasteiger partial charge in [0.2, 0.25) is 0 Å². The molecule has 2 aromatic rings. The summed E-state index contributed by atoms with van der Waals surface area (Å²) in [4.78, 5) is 13.6. The zero-order valence-corrected chi connectivity index (χ0v) is 14.5. The minimum absolute atomic E-state index is 0.279. The summed E-state index contributed by atoms with van der Waals surface area (Å²) in [5, 5.41) is 13.4. The third-order valence-electron chi connectivity index (χ3n) is 3.63. The quantitative estimate of drug-likeness (QED) is 0.642. The molecule has 126 valence electrons. The number of phenols is 1. The summed E-state index contributed by atoms with van der Waals surface area (Å²) in [5.41, 5.74) is 1.89. The van der Waals surface area contributed by atoms with Gasteiger partial charge in [-0.3, -0.25) is 0 Å². The number of rotatable bonds is 5. The van der Waals surface area contributed by atoms with Gasteiger partial charge >= 0.3 is 5.97 Å². The molecule has 0 unspecified atom stereocenters. The number of hydrogen-bond donors (Lipinski definition) is 2. The number of phenolic OH excluding ortho intramolecular Hbond substituents is 1. The molecule has 0 amide bonds. The van der Waals surface area contributed by atoms with E-state index in [1.54, 1.807) is 30.3 Å². The third kappa shape index (κ3) is 4.45. The van der Waals surface area contributed by atoms with Gasteiger partial charge in [-0.2, -0.15) is 0 Å². The van der Waals surface area contributed by atoms with Gasteiger partial charge in [0.05, 0.1) is 18.4 Å². The molecule has 2 rings (SSSR count). The lowest BCUT2D eigenvalue weighted by Gasteiger charge is -2.22. The zero-order chi connectivity index (χ0) is 17.5. The topological polar surface area (TPSA) is 61.8 Å². The van der Waals surface area contributed by atoms with E-state index in [1.165, 1.54) is 7.11 Å². The number of esters is 1. The molecule has 0 fully saturated rings. The summed E-state index contributed by atoms with van der Waals surface area (Å²) in [6.07, 6.45) is 0.656. The van der Waals surface area contributed by atoms with Crippen LogP contribution in [0.3, 0.4) is 0 Å². The van der Waals surface area contributed by atoms with Gasteiger partial charge in [0, 0.05) is 13.6 Å². The van der Waals surface area contributed by atoms with Crippen LogP contribution in [0.1, 0.15) is 15.9 Å². The Hall–Kier alpha value is -2.60. The molecule has 0 spiro atoms. The molecule has 0 aliphatic heterocycles. The standard InChI is InChI=1S/C18H20N2O3S/c1-20(12-11-13-7-3-6-10-16(13)21)18(24)19-15-9-5-4-8-14(15)17(22)23-2/h3-10,21H,11-12H2,1-2H3,(H,19,24). The van der Waals surface area contributed by atoms with Crippen LogP contribution < -0.4 is 5.32 Å². The fraction of sp³-hybridized carbons (Fsp3) is 0.222. The first-order valence-electron chi connectivity index (χ1n) is 7.49. The summed E-state index contributed by atoms with van der Waals surface area (Å²) < 4.78 is 4.77. The number of likely N-dealkylation sites (N-methyl/N-ethyl adjacent to an activating group) is 1. The summed E-state index contributed by atoms with van der Waals surface area (Å²) in [5.74, 6) is -0.140. The Balaban J connectivity index is 2.00. The Kier molecular flexibility index (Phi) is 6.14. The van der Waals surface area contributed by atoms with Gasteiger partial charge in [0.15, 0.2) is 5.11 Å². The highest BCUT2D eigenvalue weighted by Crippen LogP contribution is 2.18. The van der Waals surface area contributed by atoms with Crippen molar-refractivity contribution in [2.24, 2.45) is 0 Å². The largest absolute Gasteiger partial charge is 0.508 e. The Morgan fingerprint density at radius 3 is 2.58 bits per heavy atom. The molecule has 0 radical (unpaired) electrons. The Morgan fingerprint density at radius 2 is 1.88 bits per heavy atom. The maximum Gasteiger partial charge on any atom is 0.339 e. The third-order valence-corrected chi connectivity index (χ3v) is 4.04. The van der Waals surface area contributed by atoms with Gasteiger partial charge in [0.25, 0.3) is 0 Å². The fourth-order valence-corrected chi connectivity index (χ4v) is 2.40. The van der Waals surface area contributed by atoms with Gasteiger partial charge < -0.3 is 20.1 Å². The highest BCUT2D eigenvalue weighted by atomic mass is 32.1. The molecule has 0 saturated carbocycles. The van der Waals surface area contributed by atoms with Crippen molar-refractivity contribution in [1.29, 1.82) is 0 Å². The summed E-state index contributed by atoms with van der Waals surface area (Å²) in [7, 11) is 3.20. The predicted octanol–water partition coefficient (Wildman–Crippen LogP) is 3.05. The number of benzene rings is 2. The van der Waals surface area contributed by atoms with Crippen LogP contribution in [0.15, 0.2) is 48.5 Å². The number of nitrogens with zero attached hydrogens (tertiary/aromatic N) is 1. The van der Waals surface area contributed by atoms with Gasteiger partial charge in [0.1, 0.15) is 5.75 Å². The molecule has 0 heterocycles. The maximum absolute atomic E-state index is 11.8. The summed E-state index contributed by atoms with van der Waals surface area (Å²) in [6.45, 7) is 0.629. The predicted molar refractivity (Wildman–Crippen MR) is 98.4 cm³/mol. The summed E-state index contributed by atoms with van der Waals surface area (Å²) >= 11 is 5.39. The molecule has 0 saturated heterocycles. The molecule has 0 atom stereocenters. The number of aromatic hydroxyl groups is 1. The monoisotopic (exact) mass is 344 g/mol. The Labute approximate surface area is 146 Å². The van der Waals surface area contributed by atoms with E-state index in [0.717, 1.165) is 5.56 Å². The molecule has 5 nitrogen and oxygen atoms in total. The highest BCUT2D eigenvalue weighted by molar-refractivity contribution is 7.80. The second-order valence-electron chi connectivity index (χ2n) is 5.27. The summed E-state index contributed by atoms with van der Waals surface area (Å²) in [6, 6.07) is 14.3. The molecule has 2 N–H and O–H groups in total. The molecule has 24 heavy (non-hydrogen) atoms. The second-order valence-corrected chi connectivity index (χ2v) is 5.65. The highest BCUT2D eigenvalue weighted by Gasteiger charge is 2.13. The second kappa shape index (κ2) is 8.31. The van der Waals surface area contributed by atoms with E-state index in [0.29, 0.717) is 29.3 Å². The van der Waals surface area contributed by atoms with E-state index >= 15 is 0 Å². The first-order chi connectivity index (χ1) is 11.5. The van der Waals surface area contributed by atoms with Crippen LogP contribution in [0.5, 0.6) is 5.75 Å². The number of para-hydroxylation sites is 2. The van der Waals surface area contributed by atoms with E-state index in [9.17, 15) is 9.90 Å². The van der Waals surface area contributed by atoms with E-state index in [-0.39, 0.29) is 5.75 Å². The first-order valence-corrected chi connectivity index (χ1v) is 7.90. The molecule has 0 bridgehead atoms. The number of carbonyl (C=O) groups is 1. The van der Waals surface area contributed by atoms with Crippen LogP contribution in [-0.2, 0) is 11.2 Å². The fourth-order valence-electron chi connectivity index (χ4n) is 2.20. The van der Waals surface area contributed by atoms with Gasteiger partial charge in [-0.25, -0.2) is 4.79 Å². The normalized spacial score (nSPS) is 10.1. The average Bonchev–Trinajstić information content (AvgIpc) is 2.60. The van der Waals surface area contributed by atoms with Gasteiger partial charge in [-0.05, 0) is 42.4 Å². The van der Waals surface area contributed by atoms with Crippen LogP contribution in [0, 0.1) is 0 Å². The minimum atomic E-state index is -0.419. The van der Waals surface area contributed by atoms with Crippen molar-refractivity contribution in [3.8, 4) is 5.75 Å². The SMILES string of the molecule is COC(=O)c1ccccc1NC(=S)N(C)CCc1ccccc1O. The number of methoxy groups -OCH3 is 1. The lowest BCUT2D eigenvalue weighted by molar-refractivity contribution is 0.0602. The molecule has 6 heteroatoms. The van der Waals surface area contributed by atoms with Crippen molar-refractivity contribution in [1.82, 2.24) is 4.90 Å². The van der Waals surface area contributed by atoms with Gasteiger partial charge in [-0.15, -0.1) is 0 Å². The Morgan fingerprint density at radius 1 is 1.21 bits per heavy atom. The van der Waals surface area contributed by atoms with Crippen molar-refractivity contribution in [3.63, 3.8) is 0 Å². The number of hydrogen-bond acceptors (Lipinski definition) is 4. The minimum Gasteiger partial charge on any atom is -0.508 e. The molecule has 2 aromatic carbocycles. The van der Waals surface area contributed by atoms with Crippen LogP contribution in [0.25, 0.3) is 0 Å². The number of nitrogens with one attached hydrogen (secondary N) is 1. The van der Waals surface area contributed by atoms with E-state index in [4.69, 9.17) is 17.0 Å². The molecular formula is C18H20N2O3S. The maximum atomic E-state index is 11.8. The lowest BCUT2D eigenvalue weighted by atomic mass is 10.1. The van der Waals surface area contributed by atoms with Crippen molar-refractivity contribution in [2.75, 3.05) is 26.0 Å². The number of anilines is 1. The zero-order valence-electron chi connectivity index (χ0n) is 13.7.